The van der Waals surface area contributed by atoms with Crippen molar-refractivity contribution in [1.29, 1.82) is 0 Å². The van der Waals surface area contributed by atoms with Gasteiger partial charge in [-0.25, -0.2) is 12.7 Å². The molecule has 0 radical (unpaired) electrons. The molecule has 25 heavy (non-hydrogen) atoms. The van der Waals surface area contributed by atoms with E-state index in [1.807, 2.05) is 55.5 Å². The van der Waals surface area contributed by atoms with E-state index >= 15 is 0 Å². The predicted octanol–water partition coefficient (Wildman–Crippen LogP) is 3.72. The average Bonchev–Trinajstić information content (AvgIpc) is 2.50. The van der Waals surface area contributed by atoms with Crippen molar-refractivity contribution >= 4 is 44.2 Å². The maximum Gasteiger partial charge on any atom is 0.256 e. The highest BCUT2D eigenvalue weighted by molar-refractivity contribution is 14.1. The van der Waals surface area contributed by atoms with Gasteiger partial charge in [0.1, 0.15) is 0 Å². The predicted molar refractivity (Wildman–Crippen MR) is 109 cm³/mol. The minimum Gasteiger partial charge on any atom is -0.321 e. The van der Waals surface area contributed by atoms with E-state index in [-0.39, 0.29) is 10.8 Å². The van der Waals surface area contributed by atoms with Crippen LogP contribution >= 0.6 is 22.6 Å². The third-order valence-corrected chi connectivity index (χ3v) is 6.63. The van der Waals surface area contributed by atoms with Crippen molar-refractivity contribution in [1.82, 2.24) is 4.31 Å². The number of nitrogens with zero attached hydrogens (tertiary/aromatic N) is 1. The Morgan fingerprint density at radius 1 is 1.04 bits per heavy atom. The molecule has 0 bridgehead atoms. The van der Waals surface area contributed by atoms with Crippen LogP contribution in [-0.4, -0.2) is 32.7 Å². The second kappa shape index (κ2) is 7.43. The first-order valence-electron chi connectivity index (χ1n) is 7.65. The molecule has 0 atom stereocenters. The van der Waals surface area contributed by atoms with Gasteiger partial charge in [-0.1, -0.05) is 17.7 Å². The molecule has 0 aliphatic carbocycles. The molecule has 5 nitrogen and oxygen atoms in total. The molecule has 0 heterocycles. The molecule has 0 saturated heterocycles. The lowest BCUT2D eigenvalue weighted by Crippen LogP contribution is -2.23. The van der Waals surface area contributed by atoms with E-state index < -0.39 is 10.0 Å². The Bertz CT molecular complexity index is 914. The van der Waals surface area contributed by atoms with Crippen molar-refractivity contribution in [2.24, 2.45) is 0 Å². The maximum absolute atomic E-state index is 12.7. The first-order chi connectivity index (χ1) is 11.5. The number of halogens is 1. The van der Waals surface area contributed by atoms with Crippen molar-refractivity contribution in [3.63, 3.8) is 0 Å². The van der Waals surface area contributed by atoms with Crippen LogP contribution in [0.15, 0.2) is 35.2 Å². The molecule has 0 fully saturated rings. The SMILES string of the molecule is Cc1cc(C)c(NC(=O)c2cc(S(=O)(=O)N(C)C)ccc2I)c(C)c1. The highest BCUT2D eigenvalue weighted by atomic mass is 127. The summed E-state index contributed by atoms with van der Waals surface area (Å²) in [5, 5.41) is 2.92. The van der Waals surface area contributed by atoms with Crippen LogP contribution in [0, 0.1) is 24.3 Å². The van der Waals surface area contributed by atoms with Gasteiger partial charge >= 0.3 is 0 Å². The number of amides is 1. The lowest BCUT2D eigenvalue weighted by Gasteiger charge is -2.15. The Hall–Kier alpha value is -1.45. The average molecular weight is 472 g/mol. The summed E-state index contributed by atoms with van der Waals surface area (Å²) in [6.45, 7) is 5.88. The van der Waals surface area contributed by atoms with Gasteiger partial charge in [-0.2, -0.15) is 0 Å². The van der Waals surface area contributed by atoms with Gasteiger partial charge in [-0.05, 0) is 72.7 Å². The van der Waals surface area contributed by atoms with Crippen LogP contribution in [-0.2, 0) is 10.0 Å². The zero-order valence-corrected chi connectivity index (χ0v) is 17.8. The fourth-order valence-electron chi connectivity index (χ4n) is 2.61. The molecular weight excluding hydrogens is 451 g/mol. The summed E-state index contributed by atoms with van der Waals surface area (Å²) >= 11 is 2.03. The van der Waals surface area contributed by atoms with E-state index in [4.69, 9.17) is 0 Å². The number of hydrogen-bond acceptors (Lipinski definition) is 3. The van der Waals surface area contributed by atoms with Crippen molar-refractivity contribution in [2.75, 3.05) is 19.4 Å². The van der Waals surface area contributed by atoms with Crippen LogP contribution in [0.5, 0.6) is 0 Å². The lowest BCUT2D eigenvalue weighted by atomic mass is 10.0. The number of carbonyl (C=O) groups is 1. The molecule has 2 rings (SSSR count). The van der Waals surface area contributed by atoms with Crippen LogP contribution < -0.4 is 5.32 Å². The first-order valence-corrected chi connectivity index (χ1v) is 10.2. The van der Waals surface area contributed by atoms with Crippen molar-refractivity contribution in [3.05, 3.63) is 56.2 Å². The zero-order valence-electron chi connectivity index (χ0n) is 14.8. The number of sulfonamides is 1. The smallest absolute Gasteiger partial charge is 0.256 e. The Kier molecular flexibility index (Phi) is 5.90. The standard InChI is InChI=1S/C18H21IN2O3S/c1-11-8-12(2)17(13(3)9-11)20-18(22)15-10-14(6-7-16(15)19)25(23,24)21(4)5/h6-10H,1-5H3,(H,20,22). The van der Waals surface area contributed by atoms with Crippen LogP contribution in [0.3, 0.4) is 0 Å². The minimum absolute atomic E-state index is 0.0976. The van der Waals surface area contributed by atoms with Gasteiger partial charge in [0, 0.05) is 23.4 Å². The third kappa shape index (κ3) is 4.21. The topological polar surface area (TPSA) is 66.5 Å². The number of aryl methyl sites for hydroxylation is 3. The van der Waals surface area contributed by atoms with Gasteiger partial charge in [-0.15, -0.1) is 0 Å². The quantitative estimate of drug-likeness (QED) is 0.690. The monoisotopic (exact) mass is 472 g/mol. The normalized spacial score (nSPS) is 11.6. The van der Waals surface area contributed by atoms with Gasteiger partial charge in [0.2, 0.25) is 10.0 Å². The summed E-state index contributed by atoms with van der Waals surface area (Å²) in [4.78, 5) is 12.8. The van der Waals surface area contributed by atoms with Gasteiger partial charge in [0.25, 0.3) is 5.91 Å². The van der Waals surface area contributed by atoms with Crippen molar-refractivity contribution < 1.29 is 13.2 Å². The van der Waals surface area contributed by atoms with Crippen LogP contribution in [0.25, 0.3) is 0 Å². The Balaban J connectivity index is 2.44. The largest absolute Gasteiger partial charge is 0.321 e. The van der Waals surface area contributed by atoms with Crippen LogP contribution in [0.2, 0.25) is 0 Å². The molecule has 1 amide bonds. The summed E-state index contributed by atoms with van der Waals surface area (Å²) < 4.78 is 26.4. The molecular formula is C18H21IN2O3S. The summed E-state index contributed by atoms with van der Waals surface area (Å²) in [6.07, 6.45) is 0. The second-order valence-electron chi connectivity index (χ2n) is 6.16. The van der Waals surface area contributed by atoms with E-state index in [0.29, 0.717) is 9.13 Å². The molecule has 134 valence electrons. The molecule has 0 aliphatic heterocycles. The van der Waals surface area contributed by atoms with Crippen molar-refractivity contribution in [3.8, 4) is 0 Å². The fraction of sp³-hybridized carbons (Fsp3) is 0.278. The molecule has 2 aromatic carbocycles. The van der Waals surface area contributed by atoms with Gasteiger partial charge in [0.15, 0.2) is 0 Å². The fourth-order valence-corrected chi connectivity index (χ4v) is 4.12. The maximum atomic E-state index is 12.7. The first kappa shape index (κ1) is 19.9. The lowest BCUT2D eigenvalue weighted by molar-refractivity contribution is 0.102. The summed E-state index contributed by atoms with van der Waals surface area (Å²) in [5.74, 6) is -0.324. The van der Waals surface area contributed by atoms with Crippen LogP contribution in [0.1, 0.15) is 27.0 Å². The molecule has 1 N–H and O–H groups in total. The van der Waals surface area contributed by atoms with E-state index in [1.165, 1.54) is 26.2 Å². The van der Waals surface area contributed by atoms with Gasteiger partial charge in [-0.3, -0.25) is 4.79 Å². The number of hydrogen-bond donors (Lipinski definition) is 1. The number of anilines is 1. The van der Waals surface area contributed by atoms with Crippen LogP contribution in [0.4, 0.5) is 5.69 Å². The summed E-state index contributed by atoms with van der Waals surface area (Å²) in [6, 6.07) is 8.57. The number of benzene rings is 2. The minimum atomic E-state index is -3.59. The summed E-state index contributed by atoms with van der Waals surface area (Å²) in [5.41, 5.74) is 4.16. The molecule has 0 aromatic heterocycles. The highest BCUT2D eigenvalue weighted by Gasteiger charge is 2.21. The second-order valence-corrected chi connectivity index (χ2v) is 9.47. The summed E-state index contributed by atoms with van der Waals surface area (Å²) in [7, 11) is -0.666. The van der Waals surface area contributed by atoms with E-state index in [9.17, 15) is 13.2 Å². The van der Waals surface area contributed by atoms with E-state index in [0.717, 1.165) is 26.7 Å². The van der Waals surface area contributed by atoms with E-state index in [2.05, 4.69) is 5.32 Å². The Labute approximate surface area is 162 Å². The number of nitrogens with one attached hydrogen (secondary N) is 1. The number of rotatable bonds is 4. The Morgan fingerprint density at radius 2 is 1.60 bits per heavy atom. The van der Waals surface area contributed by atoms with Crippen molar-refractivity contribution in [2.45, 2.75) is 25.7 Å². The van der Waals surface area contributed by atoms with Gasteiger partial charge in [0.05, 0.1) is 10.5 Å². The van der Waals surface area contributed by atoms with E-state index in [1.54, 1.807) is 6.07 Å². The molecule has 0 saturated carbocycles. The Morgan fingerprint density at radius 3 is 2.12 bits per heavy atom. The molecule has 0 spiro atoms. The molecule has 0 aliphatic rings. The highest BCUT2D eigenvalue weighted by Crippen LogP contribution is 2.25. The third-order valence-electron chi connectivity index (χ3n) is 3.88. The van der Waals surface area contributed by atoms with Gasteiger partial charge < -0.3 is 5.32 Å². The molecule has 0 unspecified atom stereocenters. The molecule has 2 aromatic rings. The molecule has 7 heteroatoms. The number of carbonyl (C=O) groups excluding carboxylic acids is 1. The zero-order chi connectivity index (χ0) is 18.9.